The average molecular weight is 284 g/mol. The molecule has 0 aliphatic carbocycles. The normalized spacial score (nSPS) is 13.6. The standard InChI is InChI=1S/C13H22ClN5/c1-9(14)12-15-11-10(2)16-18(5)13(11)19(12)8-6-7-17(3)4/h9H,6-8H2,1-5H3. The second-order valence-electron chi connectivity index (χ2n) is 5.28. The Morgan fingerprint density at radius 1 is 1.37 bits per heavy atom. The number of halogens is 1. The van der Waals surface area contributed by atoms with Crippen molar-refractivity contribution in [1.82, 2.24) is 24.2 Å². The molecule has 2 heterocycles. The molecule has 0 aliphatic rings. The van der Waals surface area contributed by atoms with Crippen molar-refractivity contribution in [1.29, 1.82) is 0 Å². The molecule has 0 aromatic carbocycles. The predicted octanol–water partition coefficient (Wildman–Crippen LogP) is 2.33. The molecule has 0 amide bonds. The Bertz CT molecular complexity index is 567. The first-order valence-electron chi connectivity index (χ1n) is 6.60. The van der Waals surface area contributed by atoms with E-state index >= 15 is 0 Å². The van der Waals surface area contributed by atoms with E-state index in [1.54, 1.807) is 0 Å². The van der Waals surface area contributed by atoms with Gasteiger partial charge in [0, 0.05) is 13.6 Å². The van der Waals surface area contributed by atoms with Crippen LogP contribution in [-0.4, -0.2) is 44.9 Å². The minimum absolute atomic E-state index is 0.0915. The summed E-state index contributed by atoms with van der Waals surface area (Å²) in [6.45, 7) is 5.92. The number of alkyl halides is 1. The molecule has 2 aromatic heterocycles. The number of aryl methyl sites for hydroxylation is 3. The SMILES string of the molecule is Cc1nn(C)c2c1nc(C(C)Cl)n2CCCN(C)C. The van der Waals surface area contributed by atoms with Crippen LogP contribution in [0.5, 0.6) is 0 Å². The van der Waals surface area contributed by atoms with E-state index in [2.05, 4.69) is 33.6 Å². The third-order valence-electron chi connectivity index (χ3n) is 3.26. The maximum absolute atomic E-state index is 6.26. The van der Waals surface area contributed by atoms with E-state index in [1.165, 1.54) is 0 Å². The van der Waals surface area contributed by atoms with Crippen LogP contribution in [0.25, 0.3) is 11.2 Å². The monoisotopic (exact) mass is 283 g/mol. The molecule has 2 aromatic rings. The molecule has 6 heteroatoms. The first-order valence-corrected chi connectivity index (χ1v) is 7.04. The van der Waals surface area contributed by atoms with Gasteiger partial charge in [-0.25, -0.2) is 4.98 Å². The minimum atomic E-state index is -0.0915. The van der Waals surface area contributed by atoms with Crippen LogP contribution >= 0.6 is 11.6 Å². The van der Waals surface area contributed by atoms with Gasteiger partial charge in [-0.05, 0) is 40.9 Å². The van der Waals surface area contributed by atoms with Crippen LogP contribution < -0.4 is 0 Å². The highest BCUT2D eigenvalue weighted by Gasteiger charge is 2.19. The minimum Gasteiger partial charge on any atom is -0.312 e. The molecule has 0 bridgehead atoms. The molecule has 1 unspecified atom stereocenters. The fourth-order valence-electron chi connectivity index (χ4n) is 2.42. The van der Waals surface area contributed by atoms with Gasteiger partial charge >= 0.3 is 0 Å². The Hall–Kier alpha value is -1.07. The summed E-state index contributed by atoms with van der Waals surface area (Å²) in [6.07, 6.45) is 1.07. The Balaban J connectivity index is 2.40. The zero-order valence-corrected chi connectivity index (χ0v) is 13.1. The van der Waals surface area contributed by atoms with Gasteiger partial charge in [0.05, 0.1) is 11.1 Å². The molecule has 0 N–H and O–H groups in total. The molecule has 5 nitrogen and oxygen atoms in total. The molecule has 0 radical (unpaired) electrons. The quantitative estimate of drug-likeness (QED) is 0.791. The van der Waals surface area contributed by atoms with Gasteiger partial charge in [-0.15, -0.1) is 11.6 Å². The van der Waals surface area contributed by atoms with E-state index in [0.717, 1.165) is 42.2 Å². The van der Waals surface area contributed by atoms with Crippen molar-refractivity contribution in [3.8, 4) is 0 Å². The molecule has 106 valence electrons. The molecule has 0 saturated heterocycles. The topological polar surface area (TPSA) is 38.9 Å². The second-order valence-corrected chi connectivity index (χ2v) is 5.93. The number of nitrogens with zero attached hydrogens (tertiary/aromatic N) is 5. The van der Waals surface area contributed by atoms with Gasteiger partial charge in [-0.2, -0.15) is 5.10 Å². The molecule has 0 aliphatic heterocycles. The molecule has 0 spiro atoms. The van der Waals surface area contributed by atoms with Gasteiger partial charge < -0.3 is 9.47 Å². The summed E-state index contributed by atoms with van der Waals surface area (Å²) < 4.78 is 4.10. The lowest BCUT2D eigenvalue weighted by Crippen LogP contribution is -2.16. The number of fused-ring (bicyclic) bond motifs is 1. The Labute approximate surface area is 119 Å². The van der Waals surface area contributed by atoms with Gasteiger partial charge in [0.2, 0.25) is 0 Å². The summed E-state index contributed by atoms with van der Waals surface area (Å²) in [5, 5.41) is 4.34. The van der Waals surface area contributed by atoms with Crippen molar-refractivity contribution in [2.45, 2.75) is 32.2 Å². The van der Waals surface area contributed by atoms with E-state index in [-0.39, 0.29) is 5.38 Å². The molecule has 1 atom stereocenters. The van der Waals surface area contributed by atoms with Gasteiger partial charge in [0.1, 0.15) is 11.3 Å². The fourth-order valence-corrected chi connectivity index (χ4v) is 2.59. The number of hydrogen-bond acceptors (Lipinski definition) is 3. The lowest BCUT2D eigenvalue weighted by Gasteiger charge is -2.13. The lowest BCUT2D eigenvalue weighted by molar-refractivity contribution is 0.385. The van der Waals surface area contributed by atoms with Crippen molar-refractivity contribution in [3.63, 3.8) is 0 Å². The van der Waals surface area contributed by atoms with Crippen LogP contribution in [-0.2, 0) is 13.6 Å². The first kappa shape index (κ1) is 14.3. The summed E-state index contributed by atoms with van der Waals surface area (Å²) in [5.41, 5.74) is 3.00. The molecule has 0 saturated carbocycles. The summed E-state index contributed by atoms with van der Waals surface area (Å²) in [7, 11) is 6.13. The van der Waals surface area contributed by atoms with Gasteiger partial charge in [0.25, 0.3) is 0 Å². The predicted molar refractivity (Wildman–Crippen MR) is 78.7 cm³/mol. The maximum Gasteiger partial charge on any atom is 0.158 e. The largest absolute Gasteiger partial charge is 0.312 e. The smallest absolute Gasteiger partial charge is 0.158 e. The Kier molecular flexibility index (Phi) is 4.16. The van der Waals surface area contributed by atoms with Crippen LogP contribution in [0.3, 0.4) is 0 Å². The Morgan fingerprint density at radius 2 is 2.05 bits per heavy atom. The zero-order valence-electron chi connectivity index (χ0n) is 12.3. The van der Waals surface area contributed by atoms with Crippen molar-refractivity contribution in [3.05, 3.63) is 11.5 Å². The van der Waals surface area contributed by atoms with E-state index < -0.39 is 0 Å². The van der Waals surface area contributed by atoms with Crippen molar-refractivity contribution < 1.29 is 0 Å². The van der Waals surface area contributed by atoms with Crippen molar-refractivity contribution in [2.75, 3.05) is 20.6 Å². The third-order valence-corrected chi connectivity index (χ3v) is 3.46. The number of aromatic nitrogens is 4. The van der Waals surface area contributed by atoms with Gasteiger partial charge in [-0.1, -0.05) is 0 Å². The molecule has 2 rings (SSSR count). The zero-order chi connectivity index (χ0) is 14.2. The van der Waals surface area contributed by atoms with E-state index in [1.807, 2.05) is 25.6 Å². The lowest BCUT2D eigenvalue weighted by atomic mass is 10.3. The van der Waals surface area contributed by atoms with Crippen LogP contribution in [0.15, 0.2) is 0 Å². The fraction of sp³-hybridized carbons (Fsp3) is 0.692. The van der Waals surface area contributed by atoms with E-state index in [4.69, 9.17) is 11.6 Å². The molecule has 0 fully saturated rings. The molecular weight excluding hydrogens is 262 g/mol. The highest BCUT2D eigenvalue weighted by Crippen LogP contribution is 2.26. The third kappa shape index (κ3) is 2.77. The van der Waals surface area contributed by atoms with Crippen LogP contribution in [0.4, 0.5) is 0 Å². The average Bonchev–Trinajstić information content (AvgIpc) is 2.79. The summed E-state index contributed by atoms with van der Waals surface area (Å²) in [5.74, 6) is 0.937. The number of imidazole rings is 1. The van der Waals surface area contributed by atoms with Crippen LogP contribution in [0, 0.1) is 6.92 Å². The second kappa shape index (κ2) is 5.51. The Morgan fingerprint density at radius 3 is 2.63 bits per heavy atom. The van der Waals surface area contributed by atoms with Crippen LogP contribution in [0.1, 0.15) is 30.2 Å². The number of rotatable bonds is 5. The van der Waals surface area contributed by atoms with Crippen LogP contribution in [0.2, 0.25) is 0 Å². The summed E-state index contributed by atoms with van der Waals surface area (Å²) in [4.78, 5) is 6.85. The molecular formula is C13H22ClN5. The van der Waals surface area contributed by atoms with E-state index in [0.29, 0.717) is 0 Å². The summed E-state index contributed by atoms with van der Waals surface area (Å²) >= 11 is 6.26. The maximum atomic E-state index is 6.26. The number of hydrogen-bond donors (Lipinski definition) is 0. The first-order chi connectivity index (χ1) is 8.91. The highest BCUT2D eigenvalue weighted by molar-refractivity contribution is 6.20. The van der Waals surface area contributed by atoms with Gasteiger partial charge in [0.15, 0.2) is 5.65 Å². The van der Waals surface area contributed by atoms with Crippen molar-refractivity contribution in [2.24, 2.45) is 7.05 Å². The highest BCUT2D eigenvalue weighted by atomic mass is 35.5. The van der Waals surface area contributed by atoms with Crippen molar-refractivity contribution >= 4 is 22.8 Å². The molecule has 19 heavy (non-hydrogen) atoms. The summed E-state index contributed by atoms with van der Waals surface area (Å²) in [6, 6.07) is 0. The van der Waals surface area contributed by atoms with E-state index in [9.17, 15) is 0 Å². The van der Waals surface area contributed by atoms with Gasteiger partial charge in [-0.3, -0.25) is 4.68 Å².